The van der Waals surface area contributed by atoms with Gasteiger partial charge in [-0.1, -0.05) is 0 Å². The highest BCUT2D eigenvalue weighted by molar-refractivity contribution is 9.10. The second-order valence-electron chi connectivity index (χ2n) is 2.81. The van der Waals surface area contributed by atoms with Crippen molar-refractivity contribution in [3.05, 3.63) is 22.9 Å². The third-order valence-corrected chi connectivity index (χ3v) is 2.00. The predicted molar refractivity (Wildman–Crippen MR) is 48.4 cm³/mol. The Labute approximate surface area is 95.6 Å². The molecule has 0 radical (unpaired) electrons. The number of alkyl halides is 5. The van der Waals surface area contributed by atoms with Crippen molar-refractivity contribution in [3.8, 4) is 5.75 Å². The van der Waals surface area contributed by atoms with Crippen LogP contribution in [-0.2, 0) is 0 Å². The fourth-order valence-corrected chi connectivity index (χ4v) is 0.938. The standard InChI is InChI=1S/C8H5BrF5NO/c9-6-2-1-5(3-15-6)16-4-7(10,11)8(12,13)14/h1-3H,4H2. The second kappa shape index (κ2) is 4.52. The first-order valence-electron chi connectivity index (χ1n) is 3.91. The monoisotopic (exact) mass is 305 g/mol. The van der Waals surface area contributed by atoms with Crippen molar-refractivity contribution in [1.29, 1.82) is 0 Å². The highest BCUT2D eigenvalue weighted by atomic mass is 79.9. The molecule has 2 nitrogen and oxygen atoms in total. The molecule has 8 heteroatoms. The summed E-state index contributed by atoms with van der Waals surface area (Å²) < 4.78 is 64.8. The van der Waals surface area contributed by atoms with Crippen LogP contribution in [-0.4, -0.2) is 23.7 Å². The number of nitrogens with zero attached hydrogens (tertiary/aromatic N) is 1. The van der Waals surface area contributed by atoms with Crippen molar-refractivity contribution in [2.45, 2.75) is 12.1 Å². The van der Waals surface area contributed by atoms with Gasteiger partial charge < -0.3 is 4.74 Å². The summed E-state index contributed by atoms with van der Waals surface area (Å²) >= 11 is 2.97. The largest absolute Gasteiger partial charge is 0.485 e. The van der Waals surface area contributed by atoms with E-state index in [1.807, 2.05) is 0 Å². The SMILES string of the molecule is FC(F)(F)C(F)(F)COc1ccc(Br)nc1. The average molecular weight is 306 g/mol. The van der Waals surface area contributed by atoms with Crippen LogP contribution in [0, 0.1) is 0 Å². The van der Waals surface area contributed by atoms with E-state index in [0.717, 1.165) is 6.20 Å². The number of rotatable bonds is 3. The Morgan fingerprint density at radius 3 is 2.25 bits per heavy atom. The third kappa shape index (κ3) is 3.29. The number of hydrogen-bond acceptors (Lipinski definition) is 2. The Morgan fingerprint density at radius 1 is 1.19 bits per heavy atom. The summed E-state index contributed by atoms with van der Waals surface area (Å²) in [7, 11) is 0. The average Bonchev–Trinajstić information content (AvgIpc) is 2.15. The molecule has 0 aliphatic heterocycles. The minimum Gasteiger partial charge on any atom is -0.485 e. The van der Waals surface area contributed by atoms with Crippen LogP contribution in [0.1, 0.15) is 0 Å². The van der Waals surface area contributed by atoms with Crippen molar-refractivity contribution < 1.29 is 26.7 Å². The third-order valence-electron chi connectivity index (χ3n) is 1.54. The van der Waals surface area contributed by atoms with Crippen LogP contribution in [0.25, 0.3) is 0 Å². The lowest BCUT2D eigenvalue weighted by molar-refractivity contribution is -0.290. The maximum atomic E-state index is 12.4. The van der Waals surface area contributed by atoms with Gasteiger partial charge in [-0.2, -0.15) is 22.0 Å². The molecule has 0 atom stereocenters. The summed E-state index contributed by atoms with van der Waals surface area (Å²) in [6.45, 7) is -1.76. The normalized spacial score (nSPS) is 12.6. The van der Waals surface area contributed by atoms with Crippen LogP contribution in [0.4, 0.5) is 22.0 Å². The molecule has 90 valence electrons. The van der Waals surface area contributed by atoms with Crippen LogP contribution < -0.4 is 4.74 Å². The zero-order chi connectivity index (χ0) is 12.4. The molecule has 0 bridgehead atoms. The fraction of sp³-hybridized carbons (Fsp3) is 0.375. The van der Waals surface area contributed by atoms with Crippen molar-refractivity contribution in [3.63, 3.8) is 0 Å². The first-order valence-corrected chi connectivity index (χ1v) is 4.70. The lowest BCUT2D eigenvalue weighted by Crippen LogP contribution is -2.41. The Balaban J connectivity index is 2.61. The molecule has 0 saturated heterocycles. The van der Waals surface area contributed by atoms with E-state index in [0.29, 0.717) is 4.60 Å². The summed E-state index contributed by atoms with van der Waals surface area (Å²) in [5, 5.41) is 0. The molecule has 1 rings (SSSR count). The first kappa shape index (κ1) is 13.1. The zero-order valence-electron chi connectivity index (χ0n) is 7.56. The molecule has 0 unspecified atom stereocenters. The van der Waals surface area contributed by atoms with E-state index in [9.17, 15) is 22.0 Å². The van der Waals surface area contributed by atoms with Crippen molar-refractivity contribution >= 4 is 15.9 Å². The van der Waals surface area contributed by atoms with Gasteiger partial charge in [0.05, 0.1) is 6.20 Å². The van der Waals surface area contributed by atoms with E-state index >= 15 is 0 Å². The molecule has 0 spiro atoms. The van der Waals surface area contributed by atoms with Gasteiger partial charge in [0.1, 0.15) is 10.4 Å². The van der Waals surface area contributed by atoms with Crippen molar-refractivity contribution in [1.82, 2.24) is 4.98 Å². The Bertz CT molecular complexity index is 350. The summed E-state index contributed by atoms with van der Waals surface area (Å²) in [5.41, 5.74) is 0. The highest BCUT2D eigenvalue weighted by Gasteiger charge is 2.58. The molecule has 1 aromatic rings. The molecular weight excluding hydrogens is 301 g/mol. The van der Waals surface area contributed by atoms with Gasteiger partial charge in [-0.25, -0.2) is 4.98 Å². The molecule has 0 amide bonds. The number of aromatic nitrogens is 1. The number of halogens is 6. The summed E-state index contributed by atoms with van der Waals surface area (Å²) in [5.74, 6) is -5.03. The molecule has 1 heterocycles. The number of ether oxygens (including phenoxy) is 1. The maximum absolute atomic E-state index is 12.4. The van der Waals surface area contributed by atoms with Crippen LogP contribution >= 0.6 is 15.9 Å². The summed E-state index contributed by atoms with van der Waals surface area (Å²) in [4.78, 5) is 3.61. The van der Waals surface area contributed by atoms with E-state index in [4.69, 9.17) is 0 Å². The van der Waals surface area contributed by atoms with E-state index in [2.05, 4.69) is 25.7 Å². The first-order chi connectivity index (χ1) is 7.22. The Morgan fingerprint density at radius 2 is 1.81 bits per heavy atom. The van der Waals surface area contributed by atoms with Gasteiger partial charge in [-0.15, -0.1) is 0 Å². The number of pyridine rings is 1. The van der Waals surface area contributed by atoms with Crippen LogP contribution in [0.15, 0.2) is 22.9 Å². The highest BCUT2D eigenvalue weighted by Crippen LogP contribution is 2.35. The Hall–Kier alpha value is -0.920. The molecule has 0 aliphatic rings. The molecule has 0 N–H and O–H groups in total. The summed E-state index contributed by atoms with van der Waals surface area (Å²) in [6.07, 6.45) is -4.58. The van der Waals surface area contributed by atoms with E-state index < -0.39 is 18.7 Å². The molecule has 0 aromatic carbocycles. The van der Waals surface area contributed by atoms with Crippen LogP contribution in [0.3, 0.4) is 0 Å². The van der Waals surface area contributed by atoms with Crippen LogP contribution in [0.2, 0.25) is 0 Å². The van der Waals surface area contributed by atoms with Crippen molar-refractivity contribution in [2.24, 2.45) is 0 Å². The molecule has 0 saturated carbocycles. The van der Waals surface area contributed by atoms with Crippen LogP contribution in [0.5, 0.6) is 5.75 Å². The van der Waals surface area contributed by atoms with E-state index in [-0.39, 0.29) is 5.75 Å². The van der Waals surface area contributed by atoms with E-state index in [1.165, 1.54) is 12.1 Å². The lowest BCUT2D eigenvalue weighted by Gasteiger charge is -2.19. The van der Waals surface area contributed by atoms with Gasteiger partial charge in [-0.3, -0.25) is 0 Å². The minimum atomic E-state index is -5.62. The number of hydrogen-bond donors (Lipinski definition) is 0. The van der Waals surface area contributed by atoms with Gasteiger partial charge in [0.15, 0.2) is 6.61 Å². The smallest absolute Gasteiger partial charge is 0.456 e. The summed E-state index contributed by atoms with van der Waals surface area (Å²) in [6, 6.07) is 2.59. The predicted octanol–water partition coefficient (Wildman–Crippen LogP) is 3.42. The maximum Gasteiger partial charge on any atom is 0.456 e. The lowest BCUT2D eigenvalue weighted by atomic mass is 10.3. The molecule has 0 fully saturated rings. The van der Waals surface area contributed by atoms with Gasteiger partial charge in [0.2, 0.25) is 0 Å². The molecule has 0 aliphatic carbocycles. The fourth-order valence-electron chi connectivity index (χ4n) is 0.703. The molecular formula is C8H5BrF5NO. The van der Waals surface area contributed by atoms with Gasteiger partial charge in [0.25, 0.3) is 0 Å². The zero-order valence-corrected chi connectivity index (χ0v) is 9.15. The van der Waals surface area contributed by atoms with Crippen molar-refractivity contribution in [2.75, 3.05) is 6.61 Å². The topological polar surface area (TPSA) is 22.1 Å². The van der Waals surface area contributed by atoms with Gasteiger partial charge >= 0.3 is 12.1 Å². The second-order valence-corrected chi connectivity index (χ2v) is 3.62. The quantitative estimate of drug-likeness (QED) is 0.630. The molecule has 16 heavy (non-hydrogen) atoms. The van der Waals surface area contributed by atoms with Gasteiger partial charge in [-0.05, 0) is 28.1 Å². The molecule has 1 aromatic heterocycles. The van der Waals surface area contributed by atoms with Gasteiger partial charge in [0, 0.05) is 0 Å². The van der Waals surface area contributed by atoms with E-state index in [1.54, 1.807) is 0 Å². The Kier molecular flexibility index (Phi) is 3.72. The minimum absolute atomic E-state index is 0.160.